The molecule has 0 saturated carbocycles. The zero-order chi connectivity index (χ0) is 21.1. The average molecular weight is 444 g/mol. The quantitative estimate of drug-likeness (QED) is 0.330. The molecule has 0 atom stereocenters. The van der Waals surface area contributed by atoms with Crippen molar-refractivity contribution in [1.82, 2.24) is 19.7 Å². The molecule has 2 aromatic carbocycles. The van der Waals surface area contributed by atoms with Gasteiger partial charge in [-0.1, -0.05) is 41.3 Å². The highest BCUT2D eigenvalue weighted by Crippen LogP contribution is 2.28. The van der Waals surface area contributed by atoms with Crippen LogP contribution in [0.25, 0.3) is 21.6 Å². The van der Waals surface area contributed by atoms with E-state index in [0.29, 0.717) is 38.4 Å². The number of aromatic nitrogens is 4. The zero-order valence-electron chi connectivity index (χ0n) is 15.5. The number of hydrogen-bond acceptors (Lipinski definition) is 6. The van der Waals surface area contributed by atoms with Crippen molar-refractivity contribution < 1.29 is 13.6 Å². The second-order valence-corrected chi connectivity index (χ2v) is 8.13. The summed E-state index contributed by atoms with van der Waals surface area (Å²) in [4.78, 5) is 16.6. The number of anilines is 1. The molecular formula is C20H15F2N5OS2. The Labute approximate surface area is 178 Å². The molecule has 0 bridgehead atoms. The highest BCUT2D eigenvalue weighted by molar-refractivity contribution is 7.99. The van der Waals surface area contributed by atoms with Gasteiger partial charge in [0.2, 0.25) is 5.91 Å². The van der Waals surface area contributed by atoms with E-state index in [1.54, 1.807) is 34.9 Å². The zero-order valence-corrected chi connectivity index (χ0v) is 17.1. The number of thioether (sulfide) groups is 1. The molecule has 1 N–H and O–H groups in total. The monoisotopic (exact) mass is 443 g/mol. The summed E-state index contributed by atoms with van der Waals surface area (Å²) in [5.41, 5.74) is 0.939. The van der Waals surface area contributed by atoms with Crippen LogP contribution >= 0.6 is 23.1 Å². The Balaban J connectivity index is 1.48. The number of halogens is 2. The number of fused-ring (bicyclic) bond motifs is 1. The van der Waals surface area contributed by atoms with Crippen molar-refractivity contribution in [1.29, 1.82) is 0 Å². The SMILES string of the molecule is C=CCn1c(SCC(=O)Nc2nc3ccc(F)cc3s2)nnc1-c1ccccc1F. The van der Waals surface area contributed by atoms with E-state index in [9.17, 15) is 13.6 Å². The standard InChI is InChI=1S/C20H15F2N5OS2/c1-2-9-27-18(13-5-3-4-6-14(13)22)25-26-20(27)29-11-17(28)24-19-23-15-8-7-12(21)10-16(15)30-19/h2-8,10H,1,9,11H2,(H,23,24,28). The highest BCUT2D eigenvalue weighted by Gasteiger charge is 2.17. The Kier molecular flexibility index (Phi) is 5.86. The highest BCUT2D eigenvalue weighted by atomic mass is 32.2. The summed E-state index contributed by atoms with van der Waals surface area (Å²) in [6, 6.07) is 10.6. The van der Waals surface area contributed by atoms with Crippen molar-refractivity contribution in [2.24, 2.45) is 0 Å². The molecule has 0 aliphatic heterocycles. The van der Waals surface area contributed by atoms with E-state index in [1.807, 2.05) is 0 Å². The molecule has 4 aromatic rings. The van der Waals surface area contributed by atoms with Gasteiger partial charge in [0, 0.05) is 6.54 Å². The van der Waals surface area contributed by atoms with Gasteiger partial charge < -0.3 is 5.32 Å². The molecule has 152 valence electrons. The topological polar surface area (TPSA) is 72.7 Å². The number of thiazole rings is 1. The number of nitrogens with zero attached hydrogens (tertiary/aromatic N) is 4. The van der Waals surface area contributed by atoms with Gasteiger partial charge in [0.05, 0.1) is 21.5 Å². The molecule has 1 amide bonds. The summed E-state index contributed by atoms with van der Waals surface area (Å²) in [7, 11) is 0. The van der Waals surface area contributed by atoms with Crippen LogP contribution in [-0.4, -0.2) is 31.4 Å². The van der Waals surface area contributed by atoms with E-state index in [0.717, 1.165) is 0 Å². The van der Waals surface area contributed by atoms with Crippen molar-refractivity contribution in [3.63, 3.8) is 0 Å². The molecule has 4 rings (SSSR count). The van der Waals surface area contributed by atoms with Crippen LogP contribution in [-0.2, 0) is 11.3 Å². The van der Waals surface area contributed by atoms with Gasteiger partial charge in [-0.25, -0.2) is 13.8 Å². The fourth-order valence-electron chi connectivity index (χ4n) is 2.77. The first-order valence-electron chi connectivity index (χ1n) is 8.83. The molecular weight excluding hydrogens is 428 g/mol. The minimum absolute atomic E-state index is 0.0524. The minimum Gasteiger partial charge on any atom is -0.301 e. The molecule has 0 spiro atoms. The third kappa shape index (κ3) is 4.24. The molecule has 6 nitrogen and oxygen atoms in total. The molecule has 0 saturated heterocycles. The van der Waals surface area contributed by atoms with E-state index in [2.05, 4.69) is 27.1 Å². The largest absolute Gasteiger partial charge is 0.301 e. The Morgan fingerprint density at radius 3 is 2.87 bits per heavy atom. The molecule has 2 aromatic heterocycles. The fraction of sp³-hybridized carbons (Fsp3) is 0.100. The molecule has 0 radical (unpaired) electrons. The van der Waals surface area contributed by atoms with Gasteiger partial charge >= 0.3 is 0 Å². The van der Waals surface area contributed by atoms with Crippen LogP contribution in [0.3, 0.4) is 0 Å². The summed E-state index contributed by atoms with van der Waals surface area (Å²) in [6.45, 7) is 4.08. The Morgan fingerprint density at radius 1 is 1.23 bits per heavy atom. The predicted octanol–water partition coefficient (Wildman–Crippen LogP) is 4.75. The van der Waals surface area contributed by atoms with Crippen LogP contribution in [0.1, 0.15) is 0 Å². The molecule has 30 heavy (non-hydrogen) atoms. The normalized spacial score (nSPS) is 11.0. The maximum absolute atomic E-state index is 14.2. The Bertz CT molecular complexity index is 1240. The minimum atomic E-state index is -0.406. The molecule has 2 heterocycles. The van der Waals surface area contributed by atoms with Crippen LogP contribution in [0, 0.1) is 11.6 Å². The van der Waals surface area contributed by atoms with Crippen molar-refractivity contribution in [3.8, 4) is 11.4 Å². The maximum atomic E-state index is 14.2. The van der Waals surface area contributed by atoms with Crippen LogP contribution in [0.15, 0.2) is 60.3 Å². The van der Waals surface area contributed by atoms with Gasteiger partial charge in [0.15, 0.2) is 16.1 Å². The van der Waals surface area contributed by atoms with E-state index < -0.39 is 5.82 Å². The lowest BCUT2D eigenvalue weighted by Crippen LogP contribution is -2.14. The summed E-state index contributed by atoms with van der Waals surface area (Å²) in [6.07, 6.45) is 1.65. The third-order valence-corrected chi connectivity index (χ3v) is 5.97. The predicted molar refractivity (Wildman–Crippen MR) is 115 cm³/mol. The maximum Gasteiger partial charge on any atom is 0.236 e. The summed E-state index contributed by atoms with van der Waals surface area (Å²) >= 11 is 2.36. The Morgan fingerprint density at radius 2 is 2.07 bits per heavy atom. The van der Waals surface area contributed by atoms with Crippen LogP contribution in [0.5, 0.6) is 0 Å². The second-order valence-electron chi connectivity index (χ2n) is 6.15. The average Bonchev–Trinajstić information content (AvgIpc) is 3.30. The van der Waals surface area contributed by atoms with Gasteiger partial charge in [0.25, 0.3) is 0 Å². The summed E-state index contributed by atoms with van der Waals surface area (Å²) in [5.74, 6) is -0.635. The van der Waals surface area contributed by atoms with Crippen LogP contribution in [0.2, 0.25) is 0 Å². The van der Waals surface area contributed by atoms with E-state index in [4.69, 9.17) is 0 Å². The molecule has 10 heteroatoms. The Hall–Kier alpha value is -3.11. The molecule has 0 aliphatic carbocycles. The van der Waals surface area contributed by atoms with Crippen LogP contribution < -0.4 is 5.32 Å². The molecule has 0 unspecified atom stereocenters. The van der Waals surface area contributed by atoms with Gasteiger partial charge in [-0.15, -0.1) is 16.8 Å². The van der Waals surface area contributed by atoms with E-state index in [1.165, 1.54) is 41.3 Å². The van der Waals surface area contributed by atoms with E-state index >= 15 is 0 Å². The second kappa shape index (κ2) is 8.72. The number of carbonyl (C=O) groups excluding carboxylic acids is 1. The molecule has 0 aliphatic rings. The summed E-state index contributed by atoms with van der Waals surface area (Å²) < 4.78 is 29.8. The van der Waals surface area contributed by atoms with Crippen molar-refractivity contribution in [3.05, 3.63) is 66.8 Å². The number of benzene rings is 2. The number of hydrogen-bond donors (Lipinski definition) is 1. The third-order valence-electron chi connectivity index (χ3n) is 4.07. The van der Waals surface area contributed by atoms with Gasteiger partial charge in [-0.3, -0.25) is 9.36 Å². The van der Waals surface area contributed by atoms with Crippen LogP contribution in [0.4, 0.5) is 13.9 Å². The lowest BCUT2D eigenvalue weighted by atomic mass is 10.2. The molecule has 0 fully saturated rings. The lowest BCUT2D eigenvalue weighted by Gasteiger charge is -2.08. The van der Waals surface area contributed by atoms with Crippen molar-refractivity contribution in [2.75, 3.05) is 11.1 Å². The number of allylic oxidation sites excluding steroid dienone is 1. The fourth-order valence-corrected chi connectivity index (χ4v) is 4.42. The van der Waals surface area contributed by atoms with Gasteiger partial charge in [-0.2, -0.15) is 0 Å². The van der Waals surface area contributed by atoms with Gasteiger partial charge in [-0.05, 0) is 30.3 Å². The first-order valence-corrected chi connectivity index (χ1v) is 10.6. The number of carbonyl (C=O) groups is 1. The number of nitrogens with one attached hydrogen (secondary N) is 1. The lowest BCUT2D eigenvalue weighted by molar-refractivity contribution is -0.113. The smallest absolute Gasteiger partial charge is 0.236 e. The first-order chi connectivity index (χ1) is 14.5. The van der Waals surface area contributed by atoms with Gasteiger partial charge in [0.1, 0.15) is 11.6 Å². The van der Waals surface area contributed by atoms with E-state index in [-0.39, 0.29) is 17.5 Å². The number of rotatable bonds is 7. The van der Waals surface area contributed by atoms with Crippen molar-refractivity contribution in [2.45, 2.75) is 11.7 Å². The summed E-state index contributed by atoms with van der Waals surface area (Å²) in [5, 5.41) is 11.8. The number of amides is 1. The van der Waals surface area contributed by atoms with Crippen molar-refractivity contribution >= 4 is 44.4 Å². The first kappa shape index (κ1) is 20.2.